The molecule has 3 rings (SSSR count). The van der Waals surface area contributed by atoms with Crippen molar-refractivity contribution in [2.75, 3.05) is 13.7 Å². The molecule has 120 valence electrons. The standard InChI is InChI=1S/C14H21N5O3/c1-4-19-13(15-16-14(19)20)12-6-10(21-3)7-18(12)8-11-5-9(2)17-22-11/h5,10,12H,4,6-8H2,1-3H3,(H,16,20)/t10-,12-/m0/s1. The number of ether oxygens (including phenoxy) is 1. The van der Waals surface area contributed by atoms with Crippen LogP contribution in [0.5, 0.6) is 0 Å². The molecule has 8 heteroatoms. The van der Waals surface area contributed by atoms with Gasteiger partial charge in [-0.25, -0.2) is 9.89 Å². The number of aromatic nitrogens is 4. The third-order valence-electron chi connectivity index (χ3n) is 4.14. The SMILES string of the molecule is CCn1c([C@@H]2C[C@H](OC)CN2Cc2cc(C)no2)n[nH]c1=O. The van der Waals surface area contributed by atoms with Gasteiger partial charge in [-0.1, -0.05) is 5.16 Å². The van der Waals surface area contributed by atoms with Gasteiger partial charge in [-0.3, -0.25) is 9.47 Å². The number of nitrogens with one attached hydrogen (secondary N) is 1. The van der Waals surface area contributed by atoms with Crippen LogP contribution >= 0.6 is 0 Å². The minimum atomic E-state index is -0.172. The molecule has 3 heterocycles. The molecule has 2 aromatic rings. The Labute approximate surface area is 128 Å². The van der Waals surface area contributed by atoms with E-state index in [-0.39, 0.29) is 17.8 Å². The Morgan fingerprint density at radius 2 is 2.36 bits per heavy atom. The summed E-state index contributed by atoms with van der Waals surface area (Å²) >= 11 is 0. The Morgan fingerprint density at radius 1 is 1.55 bits per heavy atom. The van der Waals surface area contributed by atoms with Crippen LogP contribution in [0, 0.1) is 6.92 Å². The molecule has 0 unspecified atom stereocenters. The maximum atomic E-state index is 11.8. The number of aryl methyl sites for hydroxylation is 1. The number of hydrogen-bond acceptors (Lipinski definition) is 6. The highest BCUT2D eigenvalue weighted by atomic mass is 16.5. The topological polar surface area (TPSA) is 89.2 Å². The van der Waals surface area contributed by atoms with E-state index in [0.717, 1.165) is 30.2 Å². The van der Waals surface area contributed by atoms with Gasteiger partial charge in [-0.05, 0) is 20.3 Å². The summed E-state index contributed by atoms with van der Waals surface area (Å²) in [5.74, 6) is 1.56. The Morgan fingerprint density at radius 3 is 3.00 bits per heavy atom. The molecule has 0 radical (unpaired) electrons. The highest BCUT2D eigenvalue weighted by Crippen LogP contribution is 2.33. The molecule has 1 aliphatic rings. The van der Waals surface area contributed by atoms with Crippen LogP contribution in [0.25, 0.3) is 0 Å². The summed E-state index contributed by atoms with van der Waals surface area (Å²) in [4.78, 5) is 14.0. The number of likely N-dealkylation sites (tertiary alicyclic amines) is 1. The Balaban J connectivity index is 1.87. The number of aromatic amines is 1. The zero-order chi connectivity index (χ0) is 15.7. The van der Waals surface area contributed by atoms with Crippen molar-refractivity contribution in [2.45, 2.75) is 45.5 Å². The van der Waals surface area contributed by atoms with E-state index in [1.54, 1.807) is 11.7 Å². The molecule has 1 N–H and O–H groups in total. The van der Waals surface area contributed by atoms with Gasteiger partial charge < -0.3 is 9.26 Å². The van der Waals surface area contributed by atoms with Crippen molar-refractivity contribution in [3.05, 3.63) is 33.8 Å². The van der Waals surface area contributed by atoms with Gasteiger partial charge in [-0.15, -0.1) is 0 Å². The maximum absolute atomic E-state index is 11.8. The molecule has 2 atom stereocenters. The molecule has 0 aromatic carbocycles. The largest absolute Gasteiger partial charge is 0.380 e. The number of nitrogens with zero attached hydrogens (tertiary/aromatic N) is 4. The molecule has 1 saturated heterocycles. The molecule has 22 heavy (non-hydrogen) atoms. The first-order valence-electron chi connectivity index (χ1n) is 7.46. The lowest BCUT2D eigenvalue weighted by atomic mass is 10.2. The molecule has 2 aromatic heterocycles. The fourth-order valence-electron chi connectivity index (χ4n) is 3.06. The summed E-state index contributed by atoms with van der Waals surface area (Å²) in [5, 5.41) is 10.7. The van der Waals surface area contributed by atoms with Gasteiger partial charge >= 0.3 is 5.69 Å². The lowest BCUT2D eigenvalue weighted by Crippen LogP contribution is -2.28. The molecule has 0 amide bonds. The van der Waals surface area contributed by atoms with Crippen molar-refractivity contribution in [1.82, 2.24) is 24.8 Å². The average Bonchev–Trinajstić information content (AvgIpc) is 3.18. The van der Waals surface area contributed by atoms with Crippen molar-refractivity contribution in [2.24, 2.45) is 0 Å². The second-order valence-electron chi connectivity index (χ2n) is 5.60. The Hall–Kier alpha value is -1.93. The second-order valence-corrected chi connectivity index (χ2v) is 5.60. The molecule has 0 saturated carbocycles. The van der Waals surface area contributed by atoms with Crippen LogP contribution in [0.4, 0.5) is 0 Å². The molecular formula is C14H21N5O3. The molecule has 8 nitrogen and oxygen atoms in total. The Bertz CT molecular complexity index is 689. The number of methoxy groups -OCH3 is 1. The number of H-pyrrole nitrogens is 1. The summed E-state index contributed by atoms with van der Waals surface area (Å²) < 4.78 is 12.5. The van der Waals surface area contributed by atoms with Gasteiger partial charge in [0.1, 0.15) is 0 Å². The predicted molar refractivity (Wildman–Crippen MR) is 78.3 cm³/mol. The van der Waals surface area contributed by atoms with E-state index < -0.39 is 0 Å². The first-order chi connectivity index (χ1) is 10.6. The fraction of sp³-hybridized carbons (Fsp3) is 0.643. The van der Waals surface area contributed by atoms with Crippen molar-refractivity contribution >= 4 is 0 Å². The fourth-order valence-corrected chi connectivity index (χ4v) is 3.06. The van der Waals surface area contributed by atoms with Crippen LogP contribution in [-0.2, 0) is 17.8 Å². The van der Waals surface area contributed by atoms with E-state index in [9.17, 15) is 4.79 Å². The quantitative estimate of drug-likeness (QED) is 0.881. The highest BCUT2D eigenvalue weighted by molar-refractivity contribution is 5.07. The van der Waals surface area contributed by atoms with E-state index in [1.807, 2.05) is 19.9 Å². The first-order valence-corrected chi connectivity index (χ1v) is 7.46. The third-order valence-corrected chi connectivity index (χ3v) is 4.14. The van der Waals surface area contributed by atoms with Gasteiger partial charge in [0.15, 0.2) is 11.6 Å². The molecule has 1 fully saturated rings. The highest BCUT2D eigenvalue weighted by Gasteiger charge is 2.36. The lowest BCUT2D eigenvalue weighted by Gasteiger charge is -2.22. The summed E-state index contributed by atoms with van der Waals surface area (Å²) in [5.41, 5.74) is 0.688. The predicted octanol–water partition coefficient (Wildman–Crippen LogP) is 0.850. The molecule has 0 spiro atoms. The van der Waals surface area contributed by atoms with Gasteiger partial charge in [0.2, 0.25) is 0 Å². The summed E-state index contributed by atoms with van der Waals surface area (Å²) in [6, 6.07) is 1.95. The van der Waals surface area contributed by atoms with Crippen LogP contribution in [-0.4, -0.2) is 44.6 Å². The van der Waals surface area contributed by atoms with Crippen LogP contribution in [0.3, 0.4) is 0 Å². The first kappa shape index (κ1) is 15.0. The zero-order valence-electron chi connectivity index (χ0n) is 13.1. The Kier molecular flexibility index (Phi) is 4.12. The van der Waals surface area contributed by atoms with E-state index >= 15 is 0 Å². The summed E-state index contributed by atoms with van der Waals surface area (Å²) in [6.45, 7) is 5.82. The van der Waals surface area contributed by atoms with Crippen molar-refractivity contribution in [3.63, 3.8) is 0 Å². The maximum Gasteiger partial charge on any atom is 0.343 e. The van der Waals surface area contributed by atoms with Gasteiger partial charge in [0.05, 0.1) is 24.4 Å². The van der Waals surface area contributed by atoms with E-state index in [4.69, 9.17) is 9.26 Å². The van der Waals surface area contributed by atoms with E-state index in [0.29, 0.717) is 13.1 Å². The van der Waals surface area contributed by atoms with Gasteiger partial charge in [0.25, 0.3) is 0 Å². The molecule has 0 aliphatic carbocycles. The molecule has 0 bridgehead atoms. The number of rotatable bonds is 5. The van der Waals surface area contributed by atoms with Gasteiger partial charge in [0, 0.05) is 26.3 Å². The minimum absolute atomic E-state index is 0.0225. The van der Waals surface area contributed by atoms with Crippen LogP contribution < -0.4 is 5.69 Å². The van der Waals surface area contributed by atoms with E-state index in [2.05, 4.69) is 20.3 Å². The van der Waals surface area contributed by atoms with Crippen LogP contribution in [0.1, 0.15) is 36.7 Å². The zero-order valence-corrected chi connectivity index (χ0v) is 13.1. The monoisotopic (exact) mass is 307 g/mol. The molecule has 1 aliphatic heterocycles. The lowest BCUT2D eigenvalue weighted by molar-refractivity contribution is 0.105. The van der Waals surface area contributed by atoms with Crippen LogP contribution in [0.15, 0.2) is 15.4 Å². The molecular weight excluding hydrogens is 286 g/mol. The number of hydrogen-bond donors (Lipinski definition) is 1. The second kappa shape index (κ2) is 6.05. The summed E-state index contributed by atoms with van der Waals surface area (Å²) in [6.07, 6.45) is 0.916. The van der Waals surface area contributed by atoms with Crippen molar-refractivity contribution < 1.29 is 9.26 Å². The normalized spacial score (nSPS) is 22.5. The minimum Gasteiger partial charge on any atom is -0.380 e. The smallest absolute Gasteiger partial charge is 0.343 e. The van der Waals surface area contributed by atoms with Crippen molar-refractivity contribution in [3.8, 4) is 0 Å². The van der Waals surface area contributed by atoms with Crippen LogP contribution in [0.2, 0.25) is 0 Å². The van der Waals surface area contributed by atoms with Gasteiger partial charge in [-0.2, -0.15) is 5.10 Å². The summed E-state index contributed by atoms with van der Waals surface area (Å²) in [7, 11) is 1.71. The van der Waals surface area contributed by atoms with Crippen molar-refractivity contribution in [1.29, 1.82) is 0 Å². The third kappa shape index (κ3) is 2.71. The van der Waals surface area contributed by atoms with E-state index in [1.165, 1.54) is 0 Å². The average molecular weight is 307 g/mol.